The fourth-order valence-electron chi connectivity index (χ4n) is 1.51. The summed E-state index contributed by atoms with van der Waals surface area (Å²) in [7, 11) is 1.65. The van der Waals surface area contributed by atoms with Gasteiger partial charge in [-0.3, -0.25) is 0 Å². The fourth-order valence-corrected chi connectivity index (χ4v) is 1.51. The SMILES string of the molecule is CCc1cc(C/C(N=N)=N/N)ccc1OC. The van der Waals surface area contributed by atoms with E-state index in [9.17, 15) is 0 Å². The molecule has 5 nitrogen and oxygen atoms in total. The summed E-state index contributed by atoms with van der Waals surface area (Å²) < 4.78 is 5.23. The number of nitrogens with zero attached hydrogens (tertiary/aromatic N) is 2. The number of aryl methyl sites for hydroxylation is 1. The Bertz CT molecular complexity index is 401. The highest BCUT2D eigenvalue weighted by atomic mass is 16.5. The van der Waals surface area contributed by atoms with E-state index in [1.807, 2.05) is 18.2 Å². The van der Waals surface area contributed by atoms with Gasteiger partial charge in [0, 0.05) is 6.42 Å². The van der Waals surface area contributed by atoms with E-state index in [1.54, 1.807) is 7.11 Å². The molecule has 1 aromatic rings. The Kier molecular flexibility index (Phi) is 4.44. The van der Waals surface area contributed by atoms with Crippen molar-refractivity contribution in [1.29, 1.82) is 5.53 Å². The predicted molar refractivity (Wildman–Crippen MR) is 62.8 cm³/mol. The lowest BCUT2D eigenvalue weighted by atomic mass is 10.0. The summed E-state index contributed by atoms with van der Waals surface area (Å²) in [6.07, 6.45) is 1.36. The van der Waals surface area contributed by atoms with Gasteiger partial charge in [-0.25, -0.2) is 5.53 Å². The highest BCUT2D eigenvalue weighted by Gasteiger charge is 2.05. The van der Waals surface area contributed by atoms with Crippen LogP contribution in [-0.4, -0.2) is 12.9 Å². The lowest BCUT2D eigenvalue weighted by Crippen LogP contribution is -2.03. The van der Waals surface area contributed by atoms with E-state index < -0.39 is 0 Å². The Labute approximate surface area is 94.8 Å². The molecule has 0 fully saturated rings. The van der Waals surface area contributed by atoms with Crippen LogP contribution < -0.4 is 10.6 Å². The molecule has 0 saturated carbocycles. The molecule has 0 amide bonds. The number of amidine groups is 1. The van der Waals surface area contributed by atoms with E-state index in [4.69, 9.17) is 16.1 Å². The van der Waals surface area contributed by atoms with Crippen LogP contribution in [-0.2, 0) is 12.8 Å². The average molecular weight is 220 g/mol. The lowest BCUT2D eigenvalue weighted by molar-refractivity contribution is 0.410. The molecule has 0 heterocycles. The molecule has 0 spiro atoms. The summed E-state index contributed by atoms with van der Waals surface area (Å²) in [5, 5.41) is 6.67. The van der Waals surface area contributed by atoms with Gasteiger partial charge in [0.05, 0.1) is 7.11 Å². The first-order valence-electron chi connectivity index (χ1n) is 5.05. The molecular formula is C11H16N4O. The first-order chi connectivity index (χ1) is 7.74. The van der Waals surface area contributed by atoms with Gasteiger partial charge in [-0.2, -0.15) is 5.10 Å². The van der Waals surface area contributed by atoms with Gasteiger partial charge in [-0.15, -0.1) is 5.11 Å². The van der Waals surface area contributed by atoms with E-state index in [-0.39, 0.29) is 0 Å². The molecule has 1 rings (SSSR count). The van der Waals surface area contributed by atoms with Crippen molar-refractivity contribution in [1.82, 2.24) is 0 Å². The number of hydrogen-bond acceptors (Lipinski definition) is 4. The van der Waals surface area contributed by atoms with E-state index >= 15 is 0 Å². The van der Waals surface area contributed by atoms with Crippen molar-refractivity contribution in [3.63, 3.8) is 0 Å². The predicted octanol–water partition coefficient (Wildman–Crippen LogP) is 2.10. The van der Waals surface area contributed by atoms with E-state index in [0.717, 1.165) is 23.3 Å². The van der Waals surface area contributed by atoms with Crippen LogP contribution >= 0.6 is 0 Å². The maximum atomic E-state index is 6.88. The second-order valence-electron chi connectivity index (χ2n) is 3.33. The minimum atomic E-state index is 0.312. The summed E-state index contributed by atoms with van der Waals surface area (Å²) in [4.78, 5) is 0. The molecular weight excluding hydrogens is 204 g/mol. The average Bonchev–Trinajstić information content (AvgIpc) is 2.35. The first kappa shape index (κ1) is 12.2. The quantitative estimate of drug-likeness (QED) is 0.268. The van der Waals surface area contributed by atoms with Crippen LogP contribution in [0.2, 0.25) is 0 Å². The summed E-state index contributed by atoms with van der Waals surface area (Å²) in [6, 6.07) is 5.86. The normalized spacial score (nSPS) is 11.2. The van der Waals surface area contributed by atoms with Gasteiger partial charge in [-0.05, 0) is 23.6 Å². The Morgan fingerprint density at radius 3 is 2.75 bits per heavy atom. The van der Waals surface area contributed by atoms with E-state index in [2.05, 4.69) is 17.1 Å². The second-order valence-corrected chi connectivity index (χ2v) is 3.33. The van der Waals surface area contributed by atoms with Gasteiger partial charge in [0.2, 0.25) is 0 Å². The van der Waals surface area contributed by atoms with Gasteiger partial charge in [0.25, 0.3) is 0 Å². The number of hydrazone groups is 1. The third-order valence-electron chi connectivity index (χ3n) is 2.37. The summed E-state index contributed by atoms with van der Waals surface area (Å²) in [6.45, 7) is 2.06. The van der Waals surface area contributed by atoms with Crippen molar-refractivity contribution >= 4 is 5.84 Å². The van der Waals surface area contributed by atoms with Crippen LogP contribution in [0.15, 0.2) is 28.4 Å². The number of ether oxygens (including phenoxy) is 1. The monoisotopic (exact) mass is 220 g/mol. The highest BCUT2D eigenvalue weighted by molar-refractivity contribution is 5.84. The zero-order valence-electron chi connectivity index (χ0n) is 9.53. The molecule has 0 atom stereocenters. The zero-order chi connectivity index (χ0) is 12.0. The fraction of sp³-hybridized carbons (Fsp3) is 0.364. The molecule has 1 aromatic carbocycles. The largest absolute Gasteiger partial charge is 0.496 e. The Morgan fingerprint density at radius 2 is 2.25 bits per heavy atom. The Balaban J connectivity index is 2.95. The van der Waals surface area contributed by atoms with Crippen LogP contribution in [0.3, 0.4) is 0 Å². The molecule has 5 heteroatoms. The van der Waals surface area contributed by atoms with Gasteiger partial charge in [0.15, 0.2) is 5.84 Å². The van der Waals surface area contributed by atoms with Gasteiger partial charge in [-0.1, -0.05) is 19.1 Å². The van der Waals surface area contributed by atoms with E-state index in [0.29, 0.717) is 12.3 Å². The number of hydrogen-bond donors (Lipinski definition) is 2. The van der Waals surface area contributed by atoms with Crippen molar-refractivity contribution in [3.8, 4) is 5.75 Å². The summed E-state index contributed by atoms with van der Waals surface area (Å²) in [5.74, 6) is 6.29. The summed E-state index contributed by atoms with van der Waals surface area (Å²) >= 11 is 0. The Morgan fingerprint density at radius 1 is 1.50 bits per heavy atom. The standard InChI is InChI=1S/C11H16N4O/c1-3-9-6-8(4-5-10(9)16-2)7-11(14-12)15-13/h4-6,12H,3,7,13H2,1-2H3/b14-12?,15-11-. The van der Waals surface area contributed by atoms with Crippen LogP contribution in [0, 0.1) is 5.53 Å². The minimum Gasteiger partial charge on any atom is -0.496 e. The molecule has 0 bridgehead atoms. The van der Waals surface area contributed by atoms with Crippen molar-refractivity contribution in [3.05, 3.63) is 29.3 Å². The molecule has 16 heavy (non-hydrogen) atoms. The molecule has 86 valence electrons. The lowest BCUT2D eigenvalue weighted by Gasteiger charge is -2.08. The third-order valence-corrected chi connectivity index (χ3v) is 2.37. The molecule has 0 radical (unpaired) electrons. The van der Waals surface area contributed by atoms with Crippen molar-refractivity contribution in [2.24, 2.45) is 16.1 Å². The highest BCUT2D eigenvalue weighted by Crippen LogP contribution is 2.20. The van der Waals surface area contributed by atoms with Crippen molar-refractivity contribution in [2.45, 2.75) is 19.8 Å². The van der Waals surface area contributed by atoms with Crippen molar-refractivity contribution < 1.29 is 4.74 Å². The molecule has 0 aliphatic rings. The zero-order valence-corrected chi connectivity index (χ0v) is 9.53. The third kappa shape index (κ3) is 2.79. The molecule has 0 aromatic heterocycles. The van der Waals surface area contributed by atoms with E-state index in [1.165, 1.54) is 0 Å². The molecule has 3 N–H and O–H groups in total. The number of nitrogens with two attached hydrogens (primary N) is 1. The number of methoxy groups -OCH3 is 1. The first-order valence-corrected chi connectivity index (χ1v) is 5.05. The number of benzene rings is 1. The smallest absolute Gasteiger partial charge is 0.174 e. The molecule has 0 aliphatic carbocycles. The maximum absolute atomic E-state index is 6.88. The molecule has 0 saturated heterocycles. The van der Waals surface area contributed by atoms with Crippen LogP contribution in [0.4, 0.5) is 0 Å². The number of nitrogens with one attached hydrogen (secondary N) is 1. The maximum Gasteiger partial charge on any atom is 0.174 e. The molecule has 0 aliphatic heterocycles. The Hall–Kier alpha value is -1.91. The minimum absolute atomic E-state index is 0.312. The van der Waals surface area contributed by atoms with Crippen LogP contribution in [0.1, 0.15) is 18.1 Å². The second kappa shape index (κ2) is 5.85. The van der Waals surface area contributed by atoms with Crippen LogP contribution in [0.25, 0.3) is 0 Å². The van der Waals surface area contributed by atoms with Gasteiger partial charge in [0.1, 0.15) is 5.75 Å². The molecule has 0 unspecified atom stereocenters. The van der Waals surface area contributed by atoms with Crippen LogP contribution in [0.5, 0.6) is 5.75 Å². The summed E-state index contributed by atoms with van der Waals surface area (Å²) in [5.41, 5.74) is 9.03. The topological polar surface area (TPSA) is 83.8 Å². The van der Waals surface area contributed by atoms with Gasteiger partial charge < -0.3 is 10.6 Å². The van der Waals surface area contributed by atoms with Crippen molar-refractivity contribution in [2.75, 3.05) is 7.11 Å². The number of rotatable bonds is 4. The van der Waals surface area contributed by atoms with Gasteiger partial charge >= 0.3 is 0 Å².